The summed E-state index contributed by atoms with van der Waals surface area (Å²) in [6, 6.07) is 3.83. The smallest absolute Gasteiger partial charge is 0.317 e. The number of hydrogen-bond acceptors (Lipinski definition) is 3. The Hall–Kier alpha value is -1.42. The summed E-state index contributed by atoms with van der Waals surface area (Å²) in [5.41, 5.74) is 1.05. The number of carbonyl (C=O) groups is 1. The number of aliphatic carboxylic acids is 1. The van der Waals surface area contributed by atoms with Gasteiger partial charge in [-0.3, -0.25) is 14.7 Å². The van der Waals surface area contributed by atoms with Gasteiger partial charge in [0.25, 0.3) is 0 Å². The van der Waals surface area contributed by atoms with Crippen LogP contribution in [0.2, 0.25) is 0 Å². The van der Waals surface area contributed by atoms with Gasteiger partial charge in [-0.25, -0.2) is 0 Å². The lowest BCUT2D eigenvalue weighted by Gasteiger charge is -2.22. The molecule has 0 saturated carbocycles. The Labute approximate surface area is 95.9 Å². The highest BCUT2D eigenvalue weighted by atomic mass is 16.4. The van der Waals surface area contributed by atoms with E-state index < -0.39 is 5.97 Å². The van der Waals surface area contributed by atoms with Crippen LogP contribution < -0.4 is 0 Å². The van der Waals surface area contributed by atoms with Gasteiger partial charge in [-0.05, 0) is 17.5 Å². The molecule has 4 nitrogen and oxygen atoms in total. The minimum absolute atomic E-state index is 0.0765. The molecule has 0 unspecified atom stereocenters. The van der Waals surface area contributed by atoms with Gasteiger partial charge in [0, 0.05) is 25.5 Å². The largest absolute Gasteiger partial charge is 0.480 e. The molecule has 88 valence electrons. The molecule has 1 heterocycles. The van der Waals surface area contributed by atoms with Crippen molar-refractivity contribution in [2.24, 2.45) is 5.92 Å². The zero-order chi connectivity index (χ0) is 12.0. The quantitative estimate of drug-likeness (QED) is 0.794. The van der Waals surface area contributed by atoms with Gasteiger partial charge in [0.05, 0.1) is 6.54 Å². The van der Waals surface area contributed by atoms with E-state index >= 15 is 0 Å². The number of rotatable bonds is 6. The van der Waals surface area contributed by atoms with Crippen molar-refractivity contribution >= 4 is 5.97 Å². The van der Waals surface area contributed by atoms with E-state index in [0.717, 1.165) is 12.1 Å². The second-order valence-corrected chi connectivity index (χ2v) is 4.32. The number of nitrogens with zero attached hydrogens (tertiary/aromatic N) is 2. The Kier molecular flexibility index (Phi) is 4.92. The van der Waals surface area contributed by atoms with Crippen LogP contribution in [-0.2, 0) is 11.3 Å². The monoisotopic (exact) mass is 222 g/mol. The van der Waals surface area contributed by atoms with Crippen LogP contribution in [0, 0.1) is 5.92 Å². The maximum Gasteiger partial charge on any atom is 0.317 e. The van der Waals surface area contributed by atoms with Crippen LogP contribution in [0.1, 0.15) is 19.4 Å². The van der Waals surface area contributed by atoms with Crippen molar-refractivity contribution in [3.63, 3.8) is 0 Å². The summed E-state index contributed by atoms with van der Waals surface area (Å²) in [5.74, 6) is -0.333. The molecule has 0 aliphatic rings. The van der Waals surface area contributed by atoms with Crippen LogP contribution >= 0.6 is 0 Å². The van der Waals surface area contributed by atoms with Gasteiger partial charge in [-0.2, -0.15) is 0 Å². The zero-order valence-corrected chi connectivity index (χ0v) is 9.76. The molecule has 1 N–H and O–H groups in total. The van der Waals surface area contributed by atoms with Gasteiger partial charge in [0.2, 0.25) is 0 Å². The predicted molar refractivity (Wildman–Crippen MR) is 62.0 cm³/mol. The summed E-state index contributed by atoms with van der Waals surface area (Å²) >= 11 is 0. The fraction of sp³-hybridized carbons (Fsp3) is 0.500. The number of hydrogen-bond donors (Lipinski definition) is 1. The van der Waals surface area contributed by atoms with Gasteiger partial charge in [0.15, 0.2) is 0 Å². The summed E-state index contributed by atoms with van der Waals surface area (Å²) in [4.78, 5) is 16.7. The number of aromatic nitrogens is 1. The topological polar surface area (TPSA) is 53.4 Å². The van der Waals surface area contributed by atoms with Crippen molar-refractivity contribution < 1.29 is 9.90 Å². The third kappa shape index (κ3) is 4.89. The maximum atomic E-state index is 10.7. The van der Waals surface area contributed by atoms with Gasteiger partial charge in [0.1, 0.15) is 0 Å². The highest BCUT2D eigenvalue weighted by molar-refractivity contribution is 5.69. The van der Waals surface area contributed by atoms with E-state index in [0.29, 0.717) is 12.5 Å². The van der Waals surface area contributed by atoms with Crippen LogP contribution in [-0.4, -0.2) is 34.0 Å². The third-order valence-electron chi connectivity index (χ3n) is 2.11. The predicted octanol–water partition coefficient (Wildman–Crippen LogP) is 1.62. The third-order valence-corrected chi connectivity index (χ3v) is 2.11. The summed E-state index contributed by atoms with van der Waals surface area (Å²) in [6.45, 7) is 5.66. The molecule has 0 spiro atoms. The lowest BCUT2D eigenvalue weighted by atomic mass is 10.2. The molecule has 16 heavy (non-hydrogen) atoms. The summed E-state index contributed by atoms with van der Waals surface area (Å²) < 4.78 is 0. The molecule has 0 fully saturated rings. The molecule has 0 aliphatic carbocycles. The Morgan fingerprint density at radius 1 is 1.56 bits per heavy atom. The lowest BCUT2D eigenvalue weighted by molar-refractivity contribution is -0.138. The van der Waals surface area contributed by atoms with Crippen LogP contribution in [0.15, 0.2) is 24.5 Å². The zero-order valence-electron chi connectivity index (χ0n) is 9.76. The number of pyridine rings is 1. The number of carboxylic acid groups (broad SMARTS) is 1. The van der Waals surface area contributed by atoms with E-state index in [-0.39, 0.29) is 6.54 Å². The van der Waals surface area contributed by atoms with Gasteiger partial charge >= 0.3 is 5.97 Å². The average Bonchev–Trinajstić information content (AvgIpc) is 2.16. The maximum absolute atomic E-state index is 10.7. The minimum Gasteiger partial charge on any atom is -0.480 e. The summed E-state index contributed by atoms with van der Waals surface area (Å²) in [6.07, 6.45) is 3.49. The first kappa shape index (κ1) is 12.6. The second kappa shape index (κ2) is 6.23. The van der Waals surface area contributed by atoms with Crippen LogP contribution in [0.4, 0.5) is 0 Å². The van der Waals surface area contributed by atoms with E-state index in [1.165, 1.54) is 0 Å². The van der Waals surface area contributed by atoms with Crippen LogP contribution in [0.5, 0.6) is 0 Å². The fourth-order valence-corrected chi connectivity index (χ4v) is 1.64. The van der Waals surface area contributed by atoms with Crippen molar-refractivity contribution in [2.75, 3.05) is 13.1 Å². The van der Waals surface area contributed by atoms with E-state index in [2.05, 4.69) is 18.8 Å². The molecule has 1 rings (SSSR count). The van der Waals surface area contributed by atoms with Crippen molar-refractivity contribution in [1.82, 2.24) is 9.88 Å². The van der Waals surface area contributed by atoms with Crippen molar-refractivity contribution in [1.29, 1.82) is 0 Å². The number of carboxylic acids is 1. The lowest BCUT2D eigenvalue weighted by Crippen LogP contribution is -2.32. The van der Waals surface area contributed by atoms with Crippen molar-refractivity contribution in [3.05, 3.63) is 30.1 Å². The van der Waals surface area contributed by atoms with E-state index in [9.17, 15) is 4.79 Å². The van der Waals surface area contributed by atoms with Crippen LogP contribution in [0.25, 0.3) is 0 Å². The Morgan fingerprint density at radius 3 is 2.81 bits per heavy atom. The van der Waals surface area contributed by atoms with Crippen LogP contribution in [0.3, 0.4) is 0 Å². The normalized spacial score (nSPS) is 11.0. The first-order chi connectivity index (χ1) is 7.58. The first-order valence-corrected chi connectivity index (χ1v) is 5.41. The fourth-order valence-electron chi connectivity index (χ4n) is 1.64. The average molecular weight is 222 g/mol. The van der Waals surface area contributed by atoms with E-state index in [1.54, 1.807) is 12.4 Å². The molecule has 4 heteroatoms. The highest BCUT2D eigenvalue weighted by Gasteiger charge is 2.11. The molecular weight excluding hydrogens is 204 g/mol. The van der Waals surface area contributed by atoms with Gasteiger partial charge < -0.3 is 5.11 Å². The molecule has 0 aromatic carbocycles. The Balaban J connectivity index is 2.59. The van der Waals surface area contributed by atoms with Gasteiger partial charge in [-0.15, -0.1) is 0 Å². The Bertz CT molecular complexity index is 325. The molecule has 0 amide bonds. The summed E-state index contributed by atoms with van der Waals surface area (Å²) in [7, 11) is 0. The van der Waals surface area contributed by atoms with E-state index in [4.69, 9.17) is 5.11 Å². The summed E-state index contributed by atoms with van der Waals surface area (Å²) in [5, 5.41) is 8.82. The molecule has 1 aromatic rings. The molecule has 1 aromatic heterocycles. The second-order valence-electron chi connectivity index (χ2n) is 4.32. The molecule has 0 aliphatic heterocycles. The van der Waals surface area contributed by atoms with Crippen molar-refractivity contribution in [3.8, 4) is 0 Å². The molecule has 0 bridgehead atoms. The SMILES string of the molecule is CC(C)CN(CC(=O)O)Cc1cccnc1. The van der Waals surface area contributed by atoms with E-state index in [1.807, 2.05) is 17.0 Å². The molecule has 0 radical (unpaired) electrons. The molecular formula is C12H18N2O2. The van der Waals surface area contributed by atoms with Crippen molar-refractivity contribution in [2.45, 2.75) is 20.4 Å². The van der Waals surface area contributed by atoms with Gasteiger partial charge in [-0.1, -0.05) is 19.9 Å². The standard InChI is InChI=1S/C12H18N2O2/c1-10(2)7-14(9-12(15)16)8-11-4-3-5-13-6-11/h3-6,10H,7-9H2,1-2H3,(H,15,16). The molecule has 0 atom stereocenters. The Morgan fingerprint density at radius 2 is 2.31 bits per heavy atom. The first-order valence-electron chi connectivity index (χ1n) is 5.41. The molecule has 0 saturated heterocycles. The minimum atomic E-state index is -0.787. The highest BCUT2D eigenvalue weighted by Crippen LogP contribution is 2.05.